The molecule has 1 aromatic carbocycles. The lowest BCUT2D eigenvalue weighted by molar-refractivity contribution is -0.143. The molecule has 6 heteroatoms. The van der Waals surface area contributed by atoms with Gasteiger partial charge in [-0.1, -0.05) is 29.8 Å². The molecule has 27 heavy (non-hydrogen) atoms. The van der Waals surface area contributed by atoms with Crippen LogP contribution in [0, 0.1) is 26.2 Å². The zero-order chi connectivity index (χ0) is 19.6. The van der Waals surface area contributed by atoms with Gasteiger partial charge in [-0.3, -0.25) is 14.3 Å². The van der Waals surface area contributed by atoms with Crippen LogP contribution in [0.15, 0.2) is 24.3 Å². The Morgan fingerprint density at radius 3 is 2.44 bits per heavy atom. The standard InChI is InChI=1S/C21H27N3O3/c1-14-4-6-17(7-5-14)12-24-16(3)18(15(2)23-24)8-9-19(25)22-13-21(10-11-21)20(26)27/h4-7H,8-13H2,1-3H3,(H,22,25)(H,26,27). The van der Waals surface area contributed by atoms with Gasteiger partial charge in [0.25, 0.3) is 0 Å². The smallest absolute Gasteiger partial charge is 0.311 e. The number of nitrogens with one attached hydrogen (secondary N) is 1. The molecule has 1 aromatic heterocycles. The molecule has 0 atom stereocenters. The van der Waals surface area contributed by atoms with Crippen molar-refractivity contribution in [1.29, 1.82) is 0 Å². The molecule has 144 valence electrons. The fourth-order valence-corrected chi connectivity index (χ4v) is 3.33. The molecule has 6 nitrogen and oxygen atoms in total. The Balaban J connectivity index is 1.57. The van der Waals surface area contributed by atoms with Crippen molar-refractivity contribution in [3.05, 3.63) is 52.3 Å². The van der Waals surface area contributed by atoms with Crippen LogP contribution in [0.25, 0.3) is 0 Å². The molecule has 1 heterocycles. The second kappa shape index (κ2) is 7.55. The van der Waals surface area contributed by atoms with Crippen LogP contribution in [0.2, 0.25) is 0 Å². The van der Waals surface area contributed by atoms with Crippen molar-refractivity contribution in [1.82, 2.24) is 15.1 Å². The van der Waals surface area contributed by atoms with Crippen molar-refractivity contribution in [2.75, 3.05) is 6.54 Å². The van der Waals surface area contributed by atoms with Crippen molar-refractivity contribution in [3.63, 3.8) is 0 Å². The van der Waals surface area contributed by atoms with Crippen molar-refractivity contribution in [2.24, 2.45) is 5.41 Å². The molecule has 1 saturated carbocycles. The zero-order valence-corrected chi connectivity index (χ0v) is 16.2. The van der Waals surface area contributed by atoms with Crippen molar-refractivity contribution in [3.8, 4) is 0 Å². The van der Waals surface area contributed by atoms with E-state index in [0.717, 1.165) is 17.0 Å². The van der Waals surface area contributed by atoms with E-state index < -0.39 is 11.4 Å². The summed E-state index contributed by atoms with van der Waals surface area (Å²) in [6.07, 6.45) is 2.24. The normalized spacial score (nSPS) is 14.8. The van der Waals surface area contributed by atoms with Gasteiger partial charge in [-0.15, -0.1) is 0 Å². The van der Waals surface area contributed by atoms with Crippen molar-refractivity contribution >= 4 is 11.9 Å². The Kier molecular flexibility index (Phi) is 5.35. The number of carbonyl (C=O) groups excluding carboxylic acids is 1. The van der Waals surface area contributed by atoms with Gasteiger partial charge >= 0.3 is 5.97 Å². The molecule has 0 unspecified atom stereocenters. The number of amides is 1. The van der Waals surface area contributed by atoms with E-state index in [4.69, 9.17) is 0 Å². The molecular weight excluding hydrogens is 342 g/mol. The number of carboxylic acid groups (broad SMARTS) is 1. The maximum Gasteiger partial charge on any atom is 0.311 e. The summed E-state index contributed by atoms with van der Waals surface area (Å²) in [4.78, 5) is 23.3. The molecule has 0 saturated heterocycles. The van der Waals surface area contributed by atoms with Gasteiger partial charge in [0.2, 0.25) is 5.91 Å². The average molecular weight is 369 g/mol. The number of hydrogen-bond donors (Lipinski definition) is 2. The molecular formula is C21H27N3O3. The molecule has 2 aromatic rings. The van der Waals surface area contributed by atoms with Crippen LogP contribution in [0.3, 0.4) is 0 Å². The van der Waals surface area contributed by atoms with E-state index >= 15 is 0 Å². The first kappa shape index (κ1) is 19.1. The first-order valence-electron chi connectivity index (χ1n) is 9.39. The van der Waals surface area contributed by atoms with E-state index in [1.165, 1.54) is 11.1 Å². The van der Waals surface area contributed by atoms with Gasteiger partial charge in [-0.25, -0.2) is 0 Å². The lowest BCUT2D eigenvalue weighted by atomic mass is 10.1. The average Bonchev–Trinajstić information content (AvgIpc) is 3.37. The van der Waals surface area contributed by atoms with Crippen LogP contribution in [0.4, 0.5) is 0 Å². The third-order valence-electron chi connectivity index (χ3n) is 5.52. The zero-order valence-electron chi connectivity index (χ0n) is 16.2. The monoisotopic (exact) mass is 369 g/mol. The molecule has 1 aliphatic rings. The summed E-state index contributed by atoms with van der Waals surface area (Å²) in [5, 5.41) is 16.6. The molecule has 1 aliphatic carbocycles. The maximum atomic E-state index is 12.1. The maximum absolute atomic E-state index is 12.1. The van der Waals surface area contributed by atoms with E-state index in [0.29, 0.717) is 32.2 Å². The molecule has 1 amide bonds. The van der Waals surface area contributed by atoms with E-state index in [9.17, 15) is 14.7 Å². The molecule has 1 fully saturated rings. The third-order valence-corrected chi connectivity index (χ3v) is 5.52. The Bertz CT molecular complexity index is 848. The van der Waals surface area contributed by atoms with Gasteiger partial charge in [0.1, 0.15) is 0 Å². The van der Waals surface area contributed by atoms with Crippen molar-refractivity contribution in [2.45, 2.75) is 53.0 Å². The van der Waals surface area contributed by atoms with Crippen LogP contribution >= 0.6 is 0 Å². The molecule has 0 spiro atoms. The fraction of sp³-hybridized carbons (Fsp3) is 0.476. The lowest BCUT2D eigenvalue weighted by Crippen LogP contribution is -2.34. The summed E-state index contributed by atoms with van der Waals surface area (Å²) in [5.74, 6) is -0.917. The largest absolute Gasteiger partial charge is 0.481 e. The lowest BCUT2D eigenvalue weighted by Gasteiger charge is -2.11. The highest BCUT2D eigenvalue weighted by Crippen LogP contribution is 2.45. The quantitative estimate of drug-likeness (QED) is 0.749. The number of benzene rings is 1. The molecule has 2 N–H and O–H groups in total. The number of carbonyl (C=O) groups is 2. The summed E-state index contributed by atoms with van der Waals surface area (Å²) in [6.45, 7) is 7.00. The molecule has 0 bridgehead atoms. The third kappa shape index (κ3) is 4.38. The minimum atomic E-state index is -0.813. The van der Waals surface area contributed by atoms with E-state index in [1.54, 1.807) is 0 Å². The number of rotatable bonds is 8. The first-order valence-corrected chi connectivity index (χ1v) is 9.39. The number of carboxylic acids is 1. The van der Waals surface area contributed by atoms with Gasteiger partial charge in [0, 0.05) is 18.7 Å². The molecule has 3 rings (SSSR count). The van der Waals surface area contributed by atoms with Gasteiger partial charge < -0.3 is 10.4 Å². The number of aryl methyl sites for hydroxylation is 2. The Labute approximate surface area is 159 Å². The van der Waals surface area contributed by atoms with Gasteiger partial charge in [0.15, 0.2) is 0 Å². The van der Waals surface area contributed by atoms with E-state index in [1.807, 2.05) is 18.5 Å². The minimum Gasteiger partial charge on any atom is -0.481 e. The Morgan fingerprint density at radius 2 is 1.85 bits per heavy atom. The van der Waals surface area contributed by atoms with Crippen LogP contribution in [0.1, 0.15) is 47.3 Å². The second-order valence-corrected chi connectivity index (χ2v) is 7.65. The van der Waals surface area contributed by atoms with Crippen molar-refractivity contribution < 1.29 is 14.7 Å². The summed E-state index contributed by atoms with van der Waals surface area (Å²) < 4.78 is 1.98. The molecule has 0 radical (unpaired) electrons. The van der Waals surface area contributed by atoms with Crippen LogP contribution in [-0.2, 0) is 22.6 Å². The first-order chi connectivity index (χ1) is 12.8. The van der Waals surface area contributed by atoms with Gasteiger partial charge in [0.05, 0.1) is 17.7 Å². The fourth-order valence-electron chi connectivity index (χ4n) is 3.33. The minimum absolute atomic E-state index is 0.104. The Hall–Kier alpha value is -2.63. The SMILES string of the molecule is Cc1ccc(Cn2nc(C)c(CCC(=O)NCC3(C(=O)O)CC3)c2C)cc1. The predicted molar refractivity (Wildman–Crippen MR) is 103 cm³/mol. The number of aromatic nitrogens is 2. The van der Waals surface area contributed by atoms with Crippen LogP contribution in [-0.4, -0.2) is 33.3 Å². The summed E-state index contributed by atoms with van der Waals surface area (Å²) >= 11 is 0. The topological polar surface area (TPSA) is 84.2 Å². The number of nitrogens with zero attached hydrogens (tertiary/aromatic N) is 2. The Morgan fingerprint density at radius 1 is 1.19 bits per heavy atom. The summed E-state index contributed by atoms with van der Waals surface area (Å²) in [5.41, 5.74) is 4.81. The van der Waals surface area contributed by atoms with Crippen LogP contribution in [0.5, 0.6) is 0 Å². The highest BCUT2D eigenvalue weighted by Gasteiger charge is 2.50. The van der Waals surface area contributed by atoms with E-state index in [-0.39, 0.29) is 12.5 Å². The number of hydrogen-bond acceptors (Lipinski definition) is 3. The van der Waals surface area contributed by atoms with E-state index in [2.05, 4.69) is 41.6 Å². The summed E-state index contributed by atoms with van der Waals surface area (Å²) in [7, 11) is 0. The highest BCUT2D eigenvalue weighted by molar-refractivity contribution is 5.81. The van der Waals surface area contributed by atoms with Gasteiger partial charge in [-0.05, 0) is 51.2 Å². The van der Waals surface area contributed by atoms with Gasteiger partial charge in [-0.2, -0.15) is 5.10 Å². The predicted octanol–water partition coefficient (Wildman–Crippen LogP) is 2.77. The molecule has 0 aliphatic heterocycles. The second-order valence-electron chi connectivity index (χ2n) is 7.65. The highest BCUT2D eigenvalue weighted by atomic mass is 16.4. The number of aliphatic carboxylic acids is 1. The summed E-state index contributed by atoms with van der Waals surface area (Å²) in [6, 6.07) is 8.40. The van der Waals surface area contributed by atoms with Crippen LogP contribution < -0.4 is 5.32 Å².